The quantitative estimate of drug-likeness (QED) is 0.692. The molecule has 0 bridgehead atoms. The first-order valence-electron chi connectivity index (χ1n) is 7.88. The Morgan fingerprint density at radius 2 is 2.00 bits per heavy atom. The molecule has 2 aromatic heterocycles. The summed E-state index contributed by atoms with van der Waals surface area (Å²) in [7, 11) is 1.65. The van der Waals surface area contributed by atoms with E-state index in [1.165, 1.54) is 0 Å². The van der Waals surface area contributed by atoms with E-state index in [1.54, 1.807) is 37.8 Å². The molecule has 0 unspecified atom stereocenters. The predicted octanol–water partition coefficient (Wildman–Crippen LogP) is 3.23. The predicted molar refractivity (Wildman–Crippen MR) is 94.4 cm³/mol. The number of furan rings is 1. The van der Waals surface area contributed by atoms with Crippen LogP contribution >= 0.6 is 0 Å². The molecule has 0 spiro atoms. The summed E-state index contributed by atoms with van der Waals surface area (Å²) in [6.45, 7) is 0.942. The van der Waals surface area contributed by atoms with Crippen LogP contribution in [0, 0.1) is 0 Å². The molecule has 0 aliphatic rings. The molecule has 0 fully saturated rings. The summed E-state index contributed by atoms with van der Waals surface area (Å²) in [6, 6.07) is 14.9. The molecule has 1 amide bonds. The minimum Gasteiger partial charge on any atom is -0.496 e. The average Bonchev–Trinajstić information content (AvgIpc) is 3.18. The van der Waals surface area contributed by atoms with Crippen LogP contribution in [0.3, 0.4) is 0 Å². The number of anilines is 1. The minimum atomic E-state index is -0.243. The summed E-state index contributed by atoms with van der Waals surface area (Å²) in [5, 5.41) is 6.03. The van der Waals surface area contributed by atoms with Gasteiger partial charge in [0.15, 0.2) is 0 Å². The molecule has 6 nitrogen and oxygen atoms in total. The fraction of sp³-hybridized carbons (Fsp3) is 0.158. The van der Waals surface area contributed by atoms with Gasteiger partial charge in [0.25, 0.3) is 5.91 Å². The lowest BCUT2D eigenvalue weighted by atomic mass is 10.2. The van der Waals surface area contributed by atoms with Gasteiger partial charge in [0.05, 0.1) is 31.8 Å². The molecule has 0 saturated heterocycles. The maximum absolute atomic E-state index is 12.1. The second-order valence-corrected chi connectivity index (χ2v) is 5.36. The molecule has 0 aliphatic carbocycles. The number of hydrogen-bond acceptors (Lipinski definition) is 5. The summed E-state index contributed by atoms with van der Waals surface area (Å²) >= 11 is 0. The number of carbonyl (C=O) groups excluding carboxylic acids is 1. The van der Waals surface area contributed by atoms with E-state index in [1.807, 2.05) is 30.3 Å². The van der Waals surface area contributed by atoms with Crippen LogP contribution in [0.2, 0.25) is 0 Å². The summed E-state index contributed by atoms with van der Waals surface area (Å²) in [5.41, 5.74) is 2.23. The van der Waals surface area contributed by atoms with Gasteiger partial charge >= 0.3 is 0 Å². The van der Waals surface area contributed by atoms with Crippen LogP contribution in [0.1, 0.15) is 21.8 Å². The normalized spacial score (nSPS) is 10.3. The first-order chi connectivity index (χ1) is 12.3. The lowest BCUT2D eigenvalue weighted by molar-refractivity contribution is 0.0943. The van der Waals surface area contributed by atoms with E-state index in [-0.39, 0.29) is 5.91 Å². The van der Waals surface area contributed by atoms with Gasteiger partial charge in [0, 0.05) is 12.1 Å². The third kappa shape index (κ3) is 4.38. The molecule has 0 aliphatic heterocycles. The Morgan fingerprint density at radius 1 is 1.12 bits per heavy atom. The number of carbonyl (C=O) groups is 1. The monoisotopic (exact) mass is 337 g/mol. The number of benzene rings is 1. The summed E-state index contributed by atoms with van der Waals surface area (Å²) < 4.78 is 10.5. The Morgan fingerprint density at radius 3 is 2.72 bits per heavy atom. The Labute approximate surface area is 145 Å². The number of hydrogen-bond donors (Lipinski definition) is 2. The van der Waals surface area contributed by atoms with Crippen LogP contribution in [0.4, 0.5) is 5.69 Å². The van der Waals surface area contributed by atoms with Crippen LogP contribution in [0.5, 0.6) is 5.75 Å². The van der Waals surface area contributed by atoms with Gasteiger partial charge in [-0.2, -0.15) is 0 Å². The topological polar surface area (TPSA) is 76.4 Å². The lowest BCUT2D eigenvalue weighted by Gasteiger charge is -2.10. The number of pyridine rings is 1. The maximum atomic E-state index is 12.1. The SMILES string of the molecule is COc1ccccc1CNc1ccc(C(=O)NCc2ccco2)nc1. The van der Waals surface area contributed by atoms with Crippen molar-refractivity contribution in [1.29, 1.82) is 0 Å². The van der Waals surface area contributed by atoms with Gasteiger partial charge in [0.2, 0.25) is 0 Å². The second kappa shape index (κ2) is 8.01. The Bertz CT molecular complexity index is 814. The highest BCUT2D eigenvalue weighted by molar-refractivity contribution is 5.92. The van der Waals surface area contributed by atoms with Crippen molar-refractivity contribution in [2.45, 2.75) is 13.1 Å². The molecule has 3 rings (SSSR count). The van der Waals surface area contributed by atoms with Crippen LogP contribution < -0.4 is 15.4 Å². The number of para-hydroxylation sites is 1. The van der Waals surface area contributed by atoms with Crippen molar-refractivity contribution >= 4 is 11.6 Å². The van der Waals surface area contributed by atoms with Crippen molar-refractivity contribution < 1.29 is 13.9 Å². The van der Waals surface area contributed by atoms with E-state index in [4.69, 9.17) is 9.15 Å². The van der Waals surface area contributed by atoms with E-state index < -0.39 is 0 Å². The van der Waals surface area contributed by atoms with Crippen LogP contribution in [0.25, 0.3) is 0 Å². The first kappa shape index (κ1) is 16.6. The Kier molecular flexibility index (Phi) is 5.31. The molecule has 1 aromatic carbocycles. The molecule has 6 heteroatoms. The number of aromatic nitrogens is 1. The van der Waals surface area contributed by atoms with Crippen LogP contribution in [0.15, 0.2) is 65.4 Å². The van der Waals surface area contributed by atoms with Gasteiger partial charge in [0.1, 0.15) is 17.2 Å². The number of methoxy groups -OCH3 is 1. The summed E-state index contributed by atoms with van der Waals surface area (Å²) in [6.07, 6.45) is 3.21. The standard InChI is InChI=1S/C19H19N3O3/c1-24-18-7-3-2-5-14(18)11-20-15-8-9-17(21-12-15)19(23)22-13-16-6-4-10-25-16/h2-10,12,20H,11,13H2,1H3,(H,22,23). The average molecular weight is 337 g/mol. The third-order valence-corrected chi connectivity index (χ3v) is 3.67. The van der Waals surface area contributed by atoms with Crippen molar-refractivity contribution in [3.63, 3.8) is 0 Å². The molecule has 3 aromatic rings. The molecule has 25 heavy (non-hydrogen) atoms. The lowest BCUT2D eigenvalue weighted by Crippen LogP contribution is -2.23. The Balaban J connectivity index is 1.55. The maximum Gasteiger partial charge on any atom is 0.270 e. The highest BCUT2D eigenvalue weighted by Gasteiger charge is 2.08. The van der Waals surface area contributed by atoms with Gasteiger partial charge in [-0.1, -0.05) is 18.2 Å². The second-order valence-electron chi connectivity index (χ2n) is 5.36. The van der Waals surface area contributed by atoms with Crippen molar-refractivity contribution in [2.24, 2.45) is 0 Å². The van der Waals surface area contributed by atoms with Crippen molar-refractivity contribution in [3.05, 3.63) is 78.0 Å². The molecule has 128 valence electrons. The highest BCUT2D eigenvalue weighted by Crippen LogP contribution is 2.18. The molecule has 2 N–H and O–H groups in total. The zero-order chi connectivity index (χ0) is 17.5. The van der Waals surface area contributed by atoms with Crippen LogP contribution in [-0.4, -0.2) is 18.0 Å². The molecule has 0 radical (unpaired) electrons. The molecular weight excluding hydrogens is 318 g/mol. The van der Waals surface area contributed by atoms with Crippen LogP contribution in [-0.2, 0) is 13.1 Å². The van der Waals surface area contributed by atoms with Gasteiger partial charge in [-0.15, -0.1) is 0 Å². The molecule has 0 atom stereocenters. The zero-order valence-corrected chi connectivity index (χ0v) is 13.9. The number of ether oxygens (including phenoxy) is 1. The number of rotatable bonds is 7. The minimum absolute atomic E-state index is 0.243. The van der Waals surface area contributed by atoms with Gasteiger partial charge in [-0.25, -0.2) is 4.98 Å². The van der Waals surface area contributed by atoms with E-state index in [2.05, 4.69) is 15.6 Å². The third-order valence-electron chi connectivity index (χ3n) is 3.67. The van der Waals surface area contributed by atoms with E-state index in [0.717, 1.165) is 17.0 Å². The van der Waals surface area contributed by atoms with E-state index in [0.29, 0.717) is 24.5 Å². The fourth-order valence-corrected chi connectivity index (χ4v) is 2.35. The zero-order valence-electron chi connectivity index (χ0n) is 13.9. The van der Waals surface area contributed by atoms with Gasteiger partial charge in [-0.05, 0) is 30.3 Å². The van der Waals surface area contributed by atoms with Crippen molar-refractivity contribution in [3.8, 4) is 5.75 Å². The summed E-state index contributed by atoms with van der Waals surface area (Å²) in [5.74, 6) is 1.29. The smallest absolute Gasteiger partial charge is 0.270 e. The summed E-state index contributed by atoms with van der Waals surface area (Å²) in [4.78, 5) is 16.3. The molecule has 2 heterocycles. The van der Waals surface area contributed by atoms with E-state index in [9.17, 15) is 4.79 Å². The molecular formula is C19H19N3O3. The van der Waals surface area contributed by atoms with Crippen molar-refractivity contribution in [1.82, 2.24) is 10.3 Å². The van der Waals surface area contributed by atoms with Gasteiger partial charge in [-0.3, -0.25) is 4.79 Å². The number of nitrogens with one attached hydrogen (secondary N) is 2. The molecule has 0 saturated carbocycles. The van der Waals surface area contributed by atoms with Gasteiger partial charge < -0.3 is 19.8 Å². The Hall–Kier alpha value is -3.28. The largest absolute Gasteiger partial charge is 0.496 e. The first-order valence-corrected chi connectivity index (χ1v) is 7.88. The highest BCUT2D eigenvalue weighted by atomic mass is 16.5. The van der Waals surface area contributed by atoms with E-state index >= 15 is 0 Å². The number of amides is 1. The fourth-order valence-electron chi connectivity index (χ4n) is 2.35. The number of nitrogens with zero attached hydrogens (tertiary/aromatic N) is 1. The van der Waals surface area contributed by atoms with Crippen molar-refractivity contribution in [2.75, 3.05) is 12.4 Å².